The highest BCUT2D eigenvalue weighted by Crippen LogP contribution is 2.15. The van der Waals surface area contributed by atoms with Crippen LogP contribution in [0.3, 0.4) is 0 Å². The number of nitrogens with zero attached hydrogens (tertiary/aromatic N) is 4. The summed E-state index contributed by atoms with van der Waals surface area (Å²) in [5.74, 6) is -0.682. The molecule has 3 N–H and O–H groups in total. The van der Waals surface area contributed by atoms with Crippen molar-refractivity contribution in [2.75, 3.05) is 5.73 Å². The van der Waals surface area contributed by atoms with E-state index >= 15 is 0 Å². The van der Waals surface area contributed by atoms with E-state index in [2.05, 4.69) is 25.3 Å². The maximum Gasteiger partial charge on any atom is 0.295 e. The molecule has 0 saturated heterocycles. The molecule has 0 amide bonds. The molecule has 0 atom stereocenters. The fourth-order valence-corrected chi connectivity index (χ4v) is 1.69. The quantitative estimate of drug-likeness (QED) is 0.748. The van der Waals surface area contributed by atoms with E-state index in [1.165, 1.54) is 12.1 Å². The van der Waals surface area contributed by atoms with Gasteiger partial charge in [-0.05, 0) is 17.7 Å². The van der Waals surface area contributed by atoms with Gasteiger partial charge in [0.2, 0.25) is 11.8 Å². The molecule has 0 aliphatic rings. The van der Waals surface area contributed by atoms with Gasteiger partial charge in [0.05, 0.1) is 0 Å². The van der Waals surface area contributed by atoms with Crippen LogP contribution in [0, 0.1) is 11.6 Å². The molecule has 7 nitrogen and oxygen atoms in total. The highest BCUT2D eigenvalue weighted by Gasteiger charge is 2.13. The van der Waals surface area contributed by atoms with Crippen molar-refractivity contribution in [1.82, 2.24) is 25.3 Å². The molecule has 102 valence electrons. The number of hydrogen-bond donors (Lipinski definition) is 2. The Morgan fingerprint density at radius 1 is 1.15 bits per heavy atom. The van der Waals surface area contributed by atoms with E-state index in [1.54, 1.807) is 0 Å². The Hall–Kier alpha value is -2.84. The predicted molar refractivity (Wildman–Crippen MR) is 63.3 cm³/mol. The predicted octanol–water partition coefficient (Wildman–Crippen LogP) is 1.31. The number of anilines is 1. The van der Waals surface area contributed by atoms with Crippen molar-refractivity contribution in [3.05, 3.63) is 41.2 Å². The monoisotopic (exact) mass is 278 g/mol. The summed E-state index contributed by atoms with van der Waals surface area (Å²) < 4.78 is 31.1. The van der Waals surface area contributed by atoms with Crippen LogP contribution in [0.25, 0.3) is 11.7 Å². The molecule has 2 aromatic heterocycles. The molecule has 0 aliphatic heterocycles. The summed E-state index contributed by atoms with van der Waals surface area (Å²) in [5.41, 5.74) is 5.75. The summed E-state index contributed by atoms with van der Waals surface area (Å²) in [6.07, 6.45) is 0.127. The molecule has 0 unspecified atom stereocenters. The number of rotatable bonds is 3. The van der Waals surface area contributed by atoms with Crippen LogP contribution in [0.1, 0.15) is 11.4 Å². The number of H-pyrrole nitrogens is 1. The lowest BCUT2D eigenvalue weighted by atomic mass is 10.1. The normalized spacial score (nSPS) is 10.9. The second kappa shape index (κ2) is 4.68. The van der Waals surface area contributed by atoms with Crippen LogP contribution in [0.4, 0.5) is 14.7 Å². The van der Waals surface area contributed by atoms with Gasteiger partial charge in [-0.2, -0.15) is 9.97 Å². The molecule has 1 aromatic carbocycles. The summed E-state index contributed by atoms with van der Waals surface area (Å²) in [6.45, 7) is 0. The largest absolute Gasteiger partial charge is 0.366 e. The van der Waals surface area contributed by atoms with Gasteiger partial charge in [0.25, 0.3) is 5.89 Å². The molecule has 0 spiro atoms. The van der Waals surface area contributed by atoms with Gasteiger partial charge in [-0.25, -0.2) is 8.78 Å². The van der Waals surface area contributed by atoms with Crippen LogP contribution in [0.5, 0.6) is 0 Å². The summed E-state index contributed by atoms with van der Waals surface area (Å²) >= 11 is 0. The van der Waals surface area contributed by atoms with Gasteiger partial charge in [0.1, 0.15) is 11.6 Å². The summed E-state index contributed by atoms with van der Waals surface area (Å²) in [7, 11) is 0. The fourth-order valence-electron chi connectivity index (χ4n) is 1.69. The first-order chi connectivity index (χ1) is 9.60. The van der Waals surface area contributed by atoms with Crippen LogP contribution in [-0.4, -0.2) is 25.3 Å². The lowest BCUT2D eigenvalue weighted by Gasteiger charge is -1.97. The second-order valence-electron chi connectivity index (χ2n) is 4.01. The molecule has 0 bridgehead atoms. The lowest BCUT2D eigenvalue weighted by Crippen LogP contribution is -1.93. The van der Waals surface area contributed by atoms with Crippen molar-refractivity contribution in [2.24, 2.45) is 0 Å². The molecule has 9 heteroatoms. The number of benzene rings is 1. The molecule has 3 rings (SSSR count). The zero-order valence-corrected chi connectivity index (χ0v) is 9.97. The molecule has 2 heterocycles. The highest BCUT2D eigenvalue weighted by molar-refractivity contribution is 5.41. The van der Waals surface area contributed by atoms with Gasteiger partial charge in [-0.15, -0.1) is 5.10 Å². The number of halogens is 2. The van der Waals surface area contributed by atoms with Gasteiger partial charge < -0.3 is 10.3 Å². The van der Waals surface area contributed by atoms with Gasteiger partial charge in [0.15, 0.2) is 5.82 Å². The van der Waals surface area contributed by atoms with E-state index in [0.29, 0.717) is 5.56 Å². The highest BCUT2D eigenvalue weighted by atomic mass is 19.1. The van der Waals surface area contributed by atoms with Gasteiger partial charge in [0, 0.05) is 12.5 Å². The first-order valence-corrected chi connectivity index (χ1v) is 5.56. The molecule has 0 fully saturated rings. The van der Waals surface area contributed by atoms with Gasteiger partial charge in [-0.1, -0.05) is 5.16 Å². The molecule has 3 aromatic rings. The van der Waals surface area contributed by atoms with Crippen molar-refractivity contribution in [1.29, 1.82) is 0 Å². The number of hydrogen-bond acceptors (Lipinski definition) is 6. The van der Waals surface area contributed by atoms with E-state index in [1.807, 2.05) is 0 Å². The third-order valence-corrected chi connectivity index (χ3v) is 2.46. The summed E-state index contributed by atoms with van der Waals surface area (Å²) in [6, 6.07) is 3.19. The minimum Gasteiger partial charge on any atom is -0.366 e. The Morgan fingerprint density at radius 2 is 1.90 bits per heavy atom. The number of nitrogens with two attached hydrogens (primary N) is 1. The Balaban J connectivity index is 1.83. The Labute approximate surface area is 110 Å². The van der Waals surface area contributed by atoms with Crippen LogP contribution in [0.2, 0.25) is 0 Å². The number of nitrogens with one attached hydrogen (secondary N) is 1. The molecular weight excluding hydrogens is 270 g/mol. The van der Waals surface area contributed by atoms with E-state index in [0.717, 1.165) is 6.07 Å². The van der Waals surface area contributed by atoms with Gasteiger partial charge >= 0.3 is 0 Å². The summed E-state index contributed by atoms with van der Waals surface area (Å²) in [4.78, 5) is 7.86. The Kier molecular flexibility index (Phi) is 2.86. The molecule has 0 aliphatic carbocycles. The second-order valence-corrected chi connectivity index (χ2v) is 4.01. The SMILES string of the molecule is Nc1n[nH]c(-c2nc(Cc3cc(F)cc(F)c3)no2)n1. The third kappa shape index (κ3) is 2.46. The van der Waals surface area contributed by atoms with E-state index < -0.39 is 11.6 Å². The maximum atomic E-state index is 13.1. The van der Waals surface area contributed by atoms with Crippen LogP contribution in [-0.2, 0) is 6.42 Å². The fraction of sp³-hybridized carbons (Fsp3) is 0.0909. The zero-order valence-electron chi connectivity index (χ0n) is 9.97. The van der Waals surface area contributed by atoms with Crippen LogP contribution >= 0.6 is 0 Å². The third-order valence-electron chi connectivity index (χ3n) is 2.46. The van der Waals surface area contributed by atoms with E-state index in [-0.39, 0.29) is 29.9 Å². The van der Waals surface area contributed by atoms with Crippen molar-refractivity contribution < 1.29 is 13.3 Å². The molecule has 20 heavy (non-hydrogen) atoms. The zero-order chi connectivity index (χ0) is 14.1. The first-order valence-electron chi connectivity index (χ1n) is 5.56. The molecular formula is C11H8F2N6O. The lowest BCUT2D eigenvalue weighted by molar-refractivity contribution is 0.421. The van der Waals surface area contributed by atoms with Crippen molar-refractivity contribution in [3.8, 4) is 11.7 Å². The average molecular weight is 278 g/mol. The maximum absolute atomic E-state index is 13.1. The van der Waals surface area contributed by atoms with Crippen molar-refractivity contribution >= 4 is 5.95 Å². The average Bonchev–Trinajstić information content (AvgIpc) is 2.96. The first kappa shape index (κ1) is 12.2. The van der Waals surface area contributed by atoms with Crippen LogP contribution < -0.4 is 5.73 Å². The number of aromatic nitrogens is 5. The van der Waals surface area contributed by atoms with Crippen molar-refractivity contribution in [3.63, 3.8) is 0 Å². The van der Waals surface area contributed by atoms with E-state index in [9.17, 15) is 8.78 Å². The minimum atomic E-state index is -0.660. The van der Waals surface area contributed by atoms with Crippen molar-refractivity contribution in [2.45, 2.75) is 6.42 Å². The smallest absolute Gasteiger partial charge is 0.295 e. The van der Waals surface area contributed by atoms with Crippen LogP contribution in [0.15, 0.2) is 22.7 Å². The standard InChI is InChI=1S/C11H8F2N6O/c12-6-1-5(2-7(13)4-6)3-8-15-10(20-19-8)9-16-11(14)18-17-9/h1-2,4H,3H2,(H3,14,16,17,18). The van der Waals surface area contributed by atoms with Gasteiger partial charge in [-0.3, -0.25) is 5.10 Å². The Bertz CT molecular complexity index is 733. The van der Waals surface area contributed by atoms with E-state index in [4.69, 9.17) is 10.3 Å². The Morgan fingerprint density at radius 3 is 2.55 bits per heavy atom. The molecule has 0 saturated carbocycles. The molecule has 0 radical (unpaired) electrons. The topological polar surface area (TPSA) is 107 Å². The minimum absolute atomic E-state index is 0.0481. The number of nitrogen functional groups attached to an aromatic ring is 1. The number of aromatic amines is 1. The summed E-state index contributed by atoms with van der Waals surface area (Å²) in [5, 5.41) is 9.84.